The van der Waals surface area contributed by atoms with Gasteiger partial charge in [0.15, 0.2) is 0 Å². The van der Waals surface area contributed by atoms with E-state index in [1.54, 1.807) is 30.4 Å². The number of carbonyl (C=O) groups is 5. The highest BCUT2D eigenvalue weighted by molar-refractivity contribution is 7.99. The van der Waals surface area contributed by atoms with Crippen molar-refractivity contribution in [2.45, 2.75) is 46.5 Å². The molecule has 0 unspecified atom stereocenters. The maximum Gasteiger partial charge on any atom is 0.239 e. The summed E-state index contributed by atoms with van der Waals surface area (Å²) in [5, 5.41) is 12.5. The topological polar surface area (TPSA) is 192 Å². The van der Waals surface area contributed by atoms with Crippen molar-refractivity contribution in [2.24, 2.45) is 5.84 Å². The maximum absolute atomic E-state index is 11.1. The maximum atomic E-state index is 11.1. The van der Waals surface area contributed by atoms with Gasteiger partial charge in [-0.2, -0.15) is 23.5 Å². The molecule has 0 aliphatic rings. The molecule has 0 aromatic carbocycles. The molecule has 0 radical (unpaired) electrons. The largest absolute Gasteiger partial charge is 0.400 e. The fourth-order valence-corrected chi connectivity index (χ4v) is 3.16. The van der Waals surface area contributed by atoms with Crippen molar-refractivity contribution in [1.82, 2.24) is 26.9 Å². The number of nitrogens with one attached hydrogen (secondary N) is 5. The standard InChI is InChI=1S/C10H19N3O3S.C8H17N3O2S.CH4O/c1-3-9(15)11-5-7-17-6-4-10(16)13-12-8(2)14;1-2-7(12)10-4-6-14-5-3-8(13)11-9;1-2/h3-7H2,1-2H3,(H,11,15)(H,12,14)(H,13,16);2-6,9H2,1H3,(H,10,12)(H,11,13);2H,1H3. The Bertz CT molecular complexity index is 535. The Morgan fingerprint density at radius 3 is 1.48 bits per heavy atom. The van der Waals surface area contributed by atoms with Crippen molar-refractivity contribution >= 4 is 53.1 Å². The van der Waals surface area contributed by atoms with Crippen LogP contribution in [0.5, 0.6) is 0 Å². The van der Waals surface area contributed by atoms with Crippen LogP contribution in [-0.2, 0) is 24.0 Å². The summed E-state index contributed by atoms with van der Waals surface area (Å²) >= 11 is 3.20. The van der Waals surface area contributed by atoms with Gasteiger partial charge in [0.05, 0.1) is 0 Å². The molecule has 0 spiro atoms. The van der Waals surface area contributed by atoms with Crippen LogP contribution in [0, 0.1) is 0 Å². The van der Waals surface area contributed by atoms with E-state index in [2.05, 4.69) is 26.9 Å². The molecule has 5 amide bonds. The molecule has 12 nitrogen and oxygen atoms in total. The molecular formula is C19H40N6O6S2. The van der Waals surface area contributed by atoms with Crippen molar-refractivity contribution < 1.29 is 29.1 Å². The number of hydrogen-bond donors (Lipinski definition) is 7. The van der Waals surface area contributed by atoms with Crippen LogP contribution in [-0.4, -0.2) is 77.9 Å². The van der Waals surface area contributed by atoms with Gasteiger partial charge < -0.3 is 15.7 Å². The monoisotopic (exact) mass is 512 g/mol. The summed E-state index contributed by atoms with van der Waals surface area (Å²) in [6, 6.07) is 0. The SMILES string of the molecule is CCC(=O)NCCSCCC(=O)NN.CCC(=O)NCCSCCC(=O)NNC(C)=O.CO. The van der Waals surface area contributed by atoms with E-state index in [9.17, 15) is 24.0 Å². The number of amides is 5. The number of aliphatic hydroxyl groups is 1. The summed E-state index contributed by atoms with van der Waals surface area (Å²) in [4.78, 5) is 54.0. The number of aliphatic hydroxyl groups excluding tert-OH is 1. The molecule has 0 aliphatic carbocycles. The zero-order valence-corrected chi connectivity index (χ0v) is 21.6. The van der Waals surface area contributed by atoms with Gasteiger partial charge in [-0.1, -0.05) is 13.8 Å². The molecule has 0 rings (SSSR count). The molecule has 14 heteroatoms. The molecule has 0 aliphatic heterocycles. The van der Waals surface area contributed by atoms with E-state index in [0.717, 1.165) is 24.4 Å². The van der Waals surface area contributed by atoms with Crippen molar-refractivity contribution in [1.29, 1.82) is 0 Å². The molecule has 0 bridgehead atoms. The number of nitrogens with two attached hydrogens (primary N) is 1. The molecule has 8 N–H and O–H groups in total. The zero-order chi connectivity index (χ0) is 25.9. The summed E-state index contributed by atoms with van der Waals surface area (Å²) in [5.74, 6) is 7.32. The molecule has 0 aromatic heterocycles. The van der Waals surface area contributed by atoms with Crippen molar-refractivity contribution in [3.63, 3.8) is 0 Å². The van der Waals surface area contributed by atoms with Crippen LogP contribution in [0.4, 0.5) is 0 Å². The first-order chi connectivity index (χ1) is 15.8. The number of carbonyl (C=O) groups excluding carboxylic acids is 5. The normalized spacial score (nSPS) is 9.15. The molecule has 0 saturated carbocycles. The third kappa shape index (κ3) is 32.2. The molecule has 0 heterocycles. The molecule has 194 valence electrons. The lowest BCUT2D eigenvalue weighted by Gasteiger charge is -2.05. The number of thioether (sulfide) groups is 2. The lowest BCUT2D eigenvalue weighted by atomic mass is 10.4. The van der Waals surface area contributed by atoms with Crippen LogP contribution in [0.25, 0.3) is 0 Å². The first-order valence-electron chi connectivity index (χ1n) is 10.4. The molecule has 0 aromatic rings. The van der Waals surface area contributed by atoms with Gasteiger partial charge in [0.25, 0.3) is 0 Å². The minimum absolute atomic E-state index is 0.0361. The number of hydrogen-bond acceptors (Lipinski definition) is 9. The van der Waals surface area contributed by atoms with E-state index >= 15 is 0 Å². The minimum atomic E-state index is -0.298. The van der Waals surface area contributed by atoms with E-state index < -0.39 is 0 Å². The van der Waals surface area contributed by atoms with Crippen LogP contribution in [0.3, 0.4) is 0 Å². The van der Waals surface area contributed by atoms with Gasteiger partial charge in [-0.3, -0.25) is 40.3 Å². The third-order valence-corrected chi connectivity index (χ3v) is 5.24. The fraction of sp³-hybridized carbons (Fsp3) is 0.737. The van der Waals surface area contributed by atoms with Gasteiger partial charge in [0.1, 0.15) is 0 Å². The Balaban J connectivity index is -0.000000515. The highest BCUT2D eigenvalue weighted by Gasteiger charge is 2.02. The summed E-state index contributed by atoms with van der Waals surface area (Å²) in [5.41, 5.74) is 6.56. The van der Waals surface area contributed by atoms with Gasteiger partial charge in [-0.05, 0) is 0 Å². The Morgan fingerprint density at radius 1 is 0.697 bits per heavy atom. The average Bonchev–Trinajstić information content (AvgIpc) is 2.82. The third-order valence-electron chi connectivity index (χ3n) is 3.27. The number of hydrazine groups is 2. The first-order valence-corrected chi connectivity index (χ1v) is 12.8. The van der Waals surface area contributed by atoms with Gasteiger partial charge >= 0.3 is 0 Å². The van der Waals surface area contributed by atoms with Gasteiger partial charge in [0.2, 0.25) is 29.5 Å². The lowest BCUT2D eigenvalue weighted by Crippen LogP contribution is -2.40. The predicted octanol–water partition coefficient (Wildman–Crippen LogP) is -0.962. The van der Waals surface area contributed by atoms with Gasteiger partial charge in [-0.25, -0.2) is 5.84 Å². The molecule has 0 saturated heterocycles. The second kappa shape index (κ2) is 28.0. The van der Waals surface area contributed by atoms with Crippen LogP contribution in [0.1, 0.15) is 46.5 Å². The van der Waals surface area contributed by atoms with E-state index in [0.29, 0.717) is 44.5 Å². The molecular weight excluding hydrogens is 472 g/mol. The van der Waals surface area contributed by atoms with Crippen LogP contribution >= 0.6 is 23.5 Å². The van der Waals surface area contributed by atoms with E-state index in [1.807, 2.05) is 6.92 Å². The quantitative estimate of drug-likeness (QED) is 0.0664. The second-order valence-corrected chi connectivity index (χ2v) is 8.38. The first kappa shape index (κ1) is 35.6. The van der Waals surface area contributed by atoms with E-state index in [1.165, 1.54) is 6.92 Å². The molecule has 0 fully saturated rings. The highest BCUT2D eigenvalue weighted by Crippen LogP contribution is 2.01. The van der Waals surface area contributed by atoms with Crippen molar-refractivity contribution in [3.05, 3.63) is 0 Å². The predicted molar refractivity (Wildman–Crippen MR) is 133 cm³/mol. The van der Waals surface area contributed by atoms with E-state index in [-0.39, 0.29) is 29.5 Å². The van der Waals surface area contributed by atoms with Crippen molar-refractivity contribution in [2.75, 3.05) is 43.2 Å². The van der Waals surface area contributed by atoms with Gasteiger partial charge in [0, 0.05) is 75.8 Å². The molecule has 0 atom stereocenters. The zero-order valence-electron chi connectivity index (χ0n) is 20.0. The Hall–Kier alpha value is -2.03. The Kier molecular flexibility index (Phi) is 30.2. The fourth-order valence-electron chi connectivity index (χ4n) is 1.60. The smallest absolute Gasteiger partial charge is 0.239 e. The van der Waals surface area contributed by atoms with E-state index in [4.69, 9.17) is 10.9 Å². The lowest BCUT2D eigenvalue weighted by molar-refractivity contribution is -0.127. The minimum Gasteiger partial charge on any atom is -0.400 e. The summed E-state index contributed by atoms with van der Waals surface area (Å²) in [6.45, 7) is 6.21. The van der Waals surface area contributed by atoms with Crippen LogP contribution in [0.15, 0.2) is 0 Å². The van der Waals surface area contributed by atoms with Crippen LogP contribution in [0.2, 0.25) is 0 Å². The summed E-state index contributed by atoms with van der Waals surface area (Å²) in [6.07, 6.45) is 1.76. The highest BCUT2D eigenvalue weighted by atomic mass is 32.2. The number of rotatable bonds is 14. The Labute approximate surface area is 204 Å². The van der Waals surface area contributed by atoms with Crippen LogP contribution < -0.4 is 32.8 Å². The molecule has 33 heavy (non-hydrogen) atoms. The van der Waals surface area contributed by atoms with Gasteiger partial charge in [-0.15, -0.1) is 0 Å². The second-order valence-electron chi connectivity index (χ2n) is 5.93. The summed E-state index contributed by atoms with van der Waals surface area (Å²) in [7, 11) is 1.00. The Morgan fingerprint density at radius 2 is 1.12 bits per heavy atom. The summed E-state index contributed by atoms with van der Waals surface area (Å²) < 4.78 is 0. The average molecular weight is 513 g/mol. The van der Waals surface area contributed by atoms with Crippen molar-refractivity contribution in [3.8, 4) is 0 Å².